The zero-order valence-electron chi connectivity index (χ0n) is 10.5. The van der Waals surface area contributed by atoms with Crippen LogP contribution in [0.2, 0.25) is 0 Å². The molecule has 0 aliphatic carbocycles. The summed E-state index contributed by atoms with van der Waals surface area (Å²) in [7, 11) is 0. The summed E-state index contributed by atoms with van der Waals surface area (Å²) in [4.78, 5) is 0. The minimum absolute atomic E-state index is 0.0683. The molecule has 2 rings (SSSR count). The number of nitrogens with one attached hydrogen (secondary N) is 1. The molecule has 0 amide bonds. The summed E-state index contributed by atoms with van der Waals surface area (Å²) >= 11 is 3.39. The molecule has 0 radical (unpaired) electrons. The maximum absolute atomic E-state index is 5.44. The number of fused-ring (bicyclic) bond motifs is 1. The van der Waals surface area contributed by atoms with E-state index < -0.39 is 0 Å². The zero-order valence-corrected chi connectivity index (χ0v) is 12.1. The topological polar surface area (TPSA) is 30.5 Å². The normalized spacial score (nSPS) is 14.1. The van der Waals surface area contributed by atoms with Crippen molar-refractivity contribution in [3.05, 3.63) is 23.3 Å². The van der Waals surface area contributed by atoms with Crippen LogP contribution in [-0.4, -0.2) is 18.8 Å². The summed E-state index contributed by atoms with van der Waals surface area (Å²) < 4.78 is 10.8. The maximum Gasteiger partial charge on any atom is 0.231 e. The van der Waals surface area contributed by atoms with E-state index in [1.807, 2.05) is 0 Å². The van der Waals surface area contributed by atoms with Gasteiger partial charge in [-0.05, 0) is 30.2 Å². The first-order valence-electron chi connectivity index (χ1n) is 5.72. The van der Waals surface area contributed by atoms with Crippen LogP contribution in [0.3, 0.4) is 0 Å². The SMILES string of the molecule is Cc1cc2c(cc1C(C)(C)CNCBr)OCO2. The fourth-order valence-electron chi connectivity index (χ4n) is 2.23. The third kappa shape index (κ3) is 2.58. The van der Waals surface area contributed by atoms with E-state index in [0.717, 1.165) is 23.5 Å². The Bertz CT molecular complexity index is 418. The Morgan fingerprint density at radius 2 is 1.94 bits per heavy atom. The van der Waals surface area contributed by atoms with Gasteiger partial charge in [0.15, 0.2) is 11.5 Å². The Morgan fingerprint density at radius 3 is 2.59 bits per heavy atom. The highest BCUT2D eigenvalue weighted by Crippen LogP contribution is 2.38. The van der Waals surface area contributed by atoms with Gasteiger partial charge in [0.1, 0.15) is 0 Å². The quantitative estimate of drug-likeness (QED) is 0.685. The van der Waals surface area contributed by atoms with Crippen molar-refractivity contribution < 1.29 is 9.47 Å². The highest BCUT2D eigenvalue weighted by Gasteiger charge is 2.25. The number of benzene rings is 1. The standard InChI is InChI=1S/C13H18BrNO2/c1-9-4-11-12(17-8-16-11)5-10(9)13(2,3)6-15-7-14/h4-5,15H,6-8H2,1-3H3. The molecule has 1 heterocycles. The molecule has 1 aromatic carbocycles. The van der Waals surface area contributed by atoms with Crippen molar-refractivity contribution in [3.8, 4) is 11.5 Å². The Kier molecular flexibility index (Phi) is 3.64. The molecule has 0 aromatic heterocycles. The molecule has 94 valence electrons. The van der Waals surface area contributed by atoms with Crippen LogP contribution >= 0.6 is 15.9 Å². The summed E-state index contributed by atoms with van der Waals surface area (Å²) in [5, 5.41) is 3.33. The molecular weight excluding hydrogens is 282 g/mol. The lowest BCUT2D eigenvalue weighted by atomic mass is 9.82. The molecule has 0 saturated carbocycles. The van der Waals surface area contributed by atoms with Gasteiger partial charge in [-0.1, -0.05) is 29.8 Å². The second-order valence-corrected chi connectivity index (χ2v) is 5.53. The van der Waals surface area contributed by atoms with Gasteiger partial charge < -0.3 is 14.8 Å². The molecule has 0 fully saturated rings. The molecule has 3 nitrogen and oxygen atoms in total. The number of rotatable bonds is 4. The molecule has 1 N–H and O–H groups in total. The largest absolute Gasteiger partial charge is 0.454 e. The number of alkyl halides is 1. The first kappa shape index (κ1) is 12.7. The number of aryl methyl sites for hydroxylation is 1. The van der Waals surface area contributed by atoms with E-state index in [4.69, 9.17) is 9.47 Å². The molecule has 1 aliphatic heterocycles. The summed E-state index contributed by atoms with van der Waals surface area (Å²) in [6, 6.07) is 4.17. The van der Waals surface area contributed by atoms with Gasteiger partial charge in [-0.25, -0.2) is 0 Å². The van der Waals surface area contributed by atoms with Crippen molar-refractivity contribution in [1.82, 2.24) is 5.32 Å². The summed E-state index contributed by atoms with van der Waals surface area (Å²) in [6.45, 7) is 7.82. The molecule has 4 heteroatoms. The lowest BCUT2D eigenvalue weighted by molar-refractivity contribution is 0.174. The van der Waals surface area contributed by atoms with E-state index in [2.05, 4.69) is 54.2 Å². The average Bonchev–Trinajstić information content (AvgIpc) is 2.72. The molecule has 0 bridgehead atoms. The fourth-order valence-corrected chi connectivity index (χ4v) is 2.43. The first-order chi connectivity index (χ1) is 8.04. The summed E-state index contributed by atoms with van der Waals surface area (Å²) in [5.41, 5.74) is 3.42. The number of halogens is 1. The highest BCUT2D eigenvalue weighted by molar-refractivity contribution is 9.09. The maximum atomic E-state index is 5.44. The monoisotopic (exact) mass is 299 g/mol. The number of hydrogen-bond donors (Lipinski definition) is 1. The van der Waals surface area contributed by atoms with Crippen LogP contribution in [0, 0.1) is 6.92 Å². The van der Waals surface area contributed by atoms with Gasteiger partial charge in [0.2, 0.25) is 6.79 Å². The molecule has 0 saturated heterocycles. The second kappa shape index (κ2) is 4.86. The van der Waals surface area contributed by atoms with Crippen LogP contribution in [0.15, 0.2) is 12.1 Å². The third-order valence-corrected chi connectivity index (χ3v) is 3.51. The smallest absolute Gasteiger partial charge is 0.231 e. The fraction of sp³-hybridized carbons (Fsp3) is 0.538. The van der Waals surface area contributed by atoms with E-state index in [0.29, 0.717) is 6.79 Å². The minimum Gasteiger partial charge on any atom is -0.454 e. The lowest BCUT2D eigenvalue weighted by Gasteiger charge is -2.27. The predicted octanol–water partition coefficient (Wildman–Crippen LogP) is 2.94. The van der Waals surface area contributed by atoms with E-state index in [1.165, 1.54) is 11.1 Å². The van der Waals surface area contributed by atoms with Crippen molar-refractivity contribution >= 4 is 15.9 Å². The molecule has 1 aromatic rings. The van der Waals surface area contributed by atoms with Crippen molar-refractivity contribution in [2.45, 2.75) is 26.2 Å². The predicted molar refractivity (Wildman–Crippen MR) is 72.1 cm³/mol. The Balaban J connectivity index is 2.31. The van der Waals surface area contributed by atoms with Crippen LogP contribution in [0.5, 0.6) is 11.5 Å². The third-order valence-electron chi connectivity index (χ3n) is 3.11. The lowest BCUT2D eigenvalue weighted by Crippen LogP contribution is -2.32. The molecule has 0 atom stereocenters. The van der Waals surface area contributed by atoms with Crippen LogP contribution in [0.1, 0.15) is 25.0 Å². The van der Waals surface area contributed by atoms with E-state index in [-0.39, 0.29) is 5.41 Å². The van der Waals surface area contributed by atoms with E-state index in [1.54, 1.807) is 0 Å². The van der Waals surface area contributed by atoms with Gasteiger partial charge >= 0.3 is 0 Å². The average molecular weight is 300 g/mol. The molecule has 0 unspecified atom stereocenters. The molecule has 17 heavy (non-hydrogen) atoms. The summed E-state index contributed by atoms with van der Waals surface area (Å²) in [5.74, 6) is 1.72. The van der Waals surface area contributed by atoms with Crippen LogP contribution in [0.25, 0.3) is 0 Å². The van der Waals surface area contributed by atoms with E-state index in [9.17, 15) is 0 Å². The van der Waals surface area contributed by atoms with Crippen LogP contribution in [-0.2, 0) is 5.41 Å². The molecule has 1 aliphatic rings. The van der Waals surface area contributed by atoms with Crippen molar-refractivity contribution in [2.24, 2.45) is 0 Å². The van der Waals surface area contributed by atoms with Gasteiger partial charge in [-0.15, -0.1) is 0 Å². The van der Waals surface area contributed by atoms with Crippen molar-refractivity contribution in [2.75, 3.05) is 18.8 Å². The van der Waals surface area contributed by atoms with Crippen molar-refractivity contribution in [1.29, 1.82) is 0 Å². The van der Waals surface area contributed by atoms with Crippen LogP contribution in [0.4, 0.5) is 0 Å². The molecular formula is C13H18BrNO2. The number of ether oxygens (including phenoxy) is 2. The van der Waals surface area contributed by atoms with Gasteiger partial charge in [-0.2, -0.15) is 0 Å². The Morgan fingerprint density at radius 1 is 1.29 bits per heavy atom. The van der Waals surface area contributed by atoms with Crippen molar-refractivity contribution in [3.63, 3.8) is 0 Å². The Hall–Kier alpha value is -0.740. The van der Waals surface area contributed by atoms with Gasteiger partial charge in [0, 0.05) is 12.0 Å². The molecule has 0 spiro atoms. The van der Waals surface area contributed by atoms with Gasteiger partial charge in [0.25, 0.3) is 0 Å². The summed E-state index contributed by atoms with van der Waals surface area (Å²) in [6.07, 6.45) is 0. The van der Waals surface area contributed by atoms with Gasteiger partial charge in [0.05, 0.1) is 5.45 Å². The zero-order chi connectivity index (χ0) is 12.5. The van der Waals surface area contributed by atoms with E-state index >= 15 is 0 Å². The first-order valence-corrected chi connectivity index (χ1v) is 6.84. The van der Waals surface area contributed by atoms with Crippen LogP contribution < -0.4 is 14.8 Å². The minimum atomic E-state index is 0.0683. The van der Waals surface area contributed by atoms with Gasteiger partial charge in [-0.3, -0.25) is 0 Å². The second-order valence-electron chi connectivity index (χ2n) is 4.96. The Labute approximate surface area is 111 Å². The number of hydrogen-bond acceptors (Lipinski definition) is 3. The highest BCUT2D eigenvalue weighted by atomic mass is 79.9.